The molecule has 26 heavy (non-hydrogen) atoms. The van der Waals surface area contributed by atoms with Gasteiger partial charge in [-0.2, -0.15) is 10.2 Å². The van der Waals surface area contributed by atoms with Gasteiger partial charge in [0.1, 0.15) is 5.69 Å². The molecule has 0 spiro atoms. The Labute approximate surface area is 156 Å². The Morgan fingerprint density at radius 3 is 2.54 bits per heavy atom. The normalized spacial score (nSPS) is 10.8. The Morgan fingerprint density at radius 1 is 1.00 bits per heavy atom. The average Bonchev–Trinajstić information content (AvgIpc) is 3.34. The van der Waals surface area contributed by atoms with Gasteiger partial charge in [0.05, 0.1) is 10.6 Å². The molecule has 0 amide bonds. The van der Waals surface area contributed by atoms with Gasteiger partial charge in [0.2, 0.25) is 5.43 Å². The van der Waals surface area contributed by atoms with Crippen LogP contribution in [-0.4, -0.2) is 25.5 Å². The van der Waals surface area contributed by atoms with E-state index in [1.165, 1.54) is 28.3 Å². The summed E-state index contributed by atoms with van der Waals surface area (Å²) in [5.41, 5.74) is 0.983. The van der Waals surface area contributed by atoms with Crippen molar-refractivity contribution in [3.05, 3.63) is 86.4 Å². The fraction of sp³-hybridized carbons (Fsp3) is 0. The molecule has 128 valence electrons. The number of carbonyl (C=O) groups excluding carboxylic acids is 1. The minimum absolute atomic E-state index is 0.167. The molecule has 3 aromatic heterocycles. The van der Waals surface area contributed by atoms with E-state index in [1.54, 1.807) is 53.3 Å². The lowest BCUT2D eigenvalue weighted by Crippen LogP contribution is -2.14. The third-order valence-corrected chi connectivity index (χ3v) is 4.78. The Hall–Kier alpha value is -3.03. The smallest absolute Gasteiger partial charge is 0.287 e. The van der Waals surface area contributed by atoms with Gasteiger partial charge in [-0.15, -0.1) is 11.3 Å². The summed E-state index contributed by atoms with van der Waals surface area (Å²) >= 11 is 7.24. The molecule has 0 bridgehead atoms. The molecular formula is C18H11ClN4O2S. The van der Waals surface area contributed by atoms with Crippen molar-refractivity contribution in [2.45, 2.75) is 0 Å². The molecule has 0 atom stereocenters. The number of hydrogen-bond donors (Lipinski definition) is 0. The van der Waals surface area contributed by atoms with E-state index in [9.17, 15) is 9.59 Å². The monoisotopic (exact) mass is 382 g/mol. The van der Waals surface area contributed by atoms with E-state index in [0.29, 0.717) is 15.6 Å². The van der Waals surface area contributed by atoms with Crippen molar-refractivity contribution < 1.29 is 4.79 Å². The van der Waals surface area contributed by atoms with Gasteiger partial charge < -0.3 is 0 Å². The molecule has 1 aromatic carbocycles. The van der Waals surface area contributed by atoms with E-state index in [2.05, 4.69) is 10.2 Å². The van der Waals surface area contributed by atoms with Gasteiger partial charge in [0.25, 0.3) is 5.91 Å². The van der Waals surface area contributed by atoms with Crippen molar-refractivity contribution >= 4 is 28.8 Å². The number of rotatable bonds is 3. The van der Waals surface area contributed by atoms with Gasteiger partial charge in [-0.05, 0) is 41.8 Å². The van der Waals surface area contributed by atoms with E-state index in [4.69, 9.17) is 11.6 Å². The molecule has 4 aromatic rings. The van der Waals surface area contributed by atoms with Crippen LogP contribution in [0.1, 0.15) is 9.67 Å². The van der Waals surface area contributed by atoms with Crippen molar-refractivity contribution in [3.8, 4) is 17.1 Å². The Balaban J connectivity index is 1.72. The molecule has 4 rings (SSSR count). The van der Waals surface area contributed by atoms with E-state index in [0.717, 1.165) is 5.69 Å². The maximum atomic E-state index is 12.4. The van der Waals surface area contributed by atoms with Crippen molar-refractivity contribution in [1.82, 2.24) is 19.6 Å². The molecule has 0 saturated carbocycles. The number of halogens is 1. The first-order valence-electron chi connectivity index (χ1n) is 7.62. The molecule has 0 aliphatic carbocycles. The molecule has 6 nitrogen and oxygen atoms in total. The maximum Gasteiger partial charge on any atom is 0.288 e. The highest BCUT2D eigenvalue weighted by atomic mass is 35.5. The van der Waals surface area contributed by atoms with E-state index < -0.39 is 0 Å². The predicted octanol–water partition coefficient (Wildman–Crippen LogP) is 3.50. The Bertz CT molecular complexity index is 1130. The summed E-state index contributed by atoms with van der Waals surface area (Å²) in [6, 6.07) is 13.6. The third kappa shape index (κ3) is 3.10. The largest absolute Gasteiger partial charge is 0.288 e. The van der Waals surface area contributed by atoms with E-state index >= 15 is 0 Å². The van der Waals surface area contributed by atoms with Crippen LogP contribution in [0.15, 0.2) is 71.1 Å². The number of benzene rings is 1. The summed E-state index contributed by atoms with van der Waals surface area (Å²) in [5.74, 6) is -0.250. The number of carbonyl (C=O) groups is 1. The molecule has 3 heterocycles. The maximum absolute atomic E-state index is 12.4. The highest BCUT2D eigenvalue weighted by molar-refractivity contribution is 7.12. The molecule has 0 N–H and O–H groups in total. The molecule has 0 saturated heterocycles. The van der Waals surface area contributed by atoms with Crippen LogP contribution in [0.25, 0.3) is 17.1 Å². The zero-order valence-electron chi connectivity index (χ0n) is 13.2. The molecule has 0 aliphatic heterocycles. The lowest BCUT2D eigenvalue weighted by molar-refractivity contribution is 0.0949. The first kappa shape index (κ1) is 16.4. The van der Waals surface area contributed by atoms with Crippen LogP contribution in [0.4, 0.5) is 0 Å². The predicted molar refractivity (Wildman–Crippen MR) is 100 cm³/mol. The van der Waals surface area contributed by atoms with E-state index in [1.807, 2.05) is 5.38 Å². The fourth-order valence-corrected chi connectivity index (χ4v) is 3.18. The van der Waals surface area contributed by atoms with Crippen LogP contribution in [0.5, 0.6) is 0 Å². The van der Waals surface area contributed by atoms with Gasteiger partial charge in [-0.25, -0.2) is 9.36 Å². The standard InChI is InChI=1S/C18H11ClN4O2S/c19-12-3-5-13(6-4-12)22-10-8-15(24)17(21-22)14-7-9-23(20-14)18(25)16-2-1-11-26-16/h1-11H. The van der Waals surface area contributed by atoms with E-state index in [-0.39, 0.29) is 17.0 Å². The highest BCUT2D eigenvalue weighted by Crippen LogP contribution is 2.16. The van der Waals surface area contributed by atoms with Crippen molar-refractivity contribution in [2.75, 3.05) is 0 Å². The van der Waals surface area contributed by atoms with Crippen LogP contribution >= 0.6 is 22.9 Å². The summed E-state index contributed by atoms with van der Waals surface area (Å²) in [4.78, 5) is 25.2. The molecule has 0 radical (unpaired) electrons. The van der Waals surface area contributed by atoms with Gasteiger partial charge in [0, 0.05) is 23.5 Å². The molecular weight excluding hydrogens is 372 g/mol. The zero-order valence-corrected chi connectivity index (χ0v) is 14.8. The van der Waals surface area contributed by atoms with Crippen LogP contribution in [0, 0.1) is 0 Å². The first-order chi connectivity index (χ1) is 12.6. The summed E-state index contributed by atoms with van der Waals surface area (Å²) in [5, 5.41) is 11.0. The lowest BCUT2D eigenvalue weighted by Gasteiger charge is -2.06. The second-order valence-corrected chi connectivity index (χ2v) is 6.76. The number of aromatic nitrogens is 4. The number of nitrogens with zero attached hydrogens (tertiary/aromatic N) is 4. The topological polar surface area (TPSA) is 69.8 Å². The SMILES string of the molecule is O=C(c1cccs1)n1ccc(-c2nn(-c3ccc(Cl)cc3)ccc2=O)n1. The Kier molecular flexibility index (Phi) is 4.24. The van der Waals surface area contributed by atoms with Crippen LogP contribution in [0.3, 0.4) is 0 Å². The number of hydrogen-bond acceptors (Lipinski definition) is 5. The second-order valence-electron chi connectivity index (χ2n) is 5.38. The summed E-state index contributed by atoms with van der Waals surface area (Å²) < 4.78 is 2.77. The fourth-order valence-electron chi connectivity index (χ4n) is 2.40. The van der Waals surface area contributed by atoms with Crippen molar-refractivity contribution in [2.24, 2.45) is 0 Å². The Morgan fingerprint density at radius 2 is 1.81 bits per heavy atom. The minimum atomic E-state index is -0.274. The van der Waals surface area contributed by atoms with Gasteiger partial charge in [-0.1, -0.05) is 17.7 Å². The second kappa shape index (κ2) is 6.70. The summed E-state index contributed by atoms with van der Waals surface area (Å²) in [6.07, 6.45) is 3.10. The van der Waals surface area contributed by atoms with Crippen LogP contribution < -0.4 is 5.43 Å². The molecule has 0 fully saturated rings. The quantitative estimate of drug-likeness (QED) is 0.543. The molecule has 0 aliphatic rings. The lowest BCUT2D eigenvalue weighted by atomic mass is 10.3. The number of thiophene rings is 1. The zero-order chi connectivity index (χ0) is 18.1. The summed E-state index contributed by atoms with van der Waals surface area (Å²) in [6.45, 7) is 0. The first-order valence-corrected chi connectivity index (χ1v) is 8.88. The average molecular weight is 383 g/mol. The molecule has 8 heteroatoms. The molecule has 0 unspecified atom stereocenters. The van der Waals surface area contributed by atoms with Gasteiger partial charge in [0.15, 0.2) is 5.69 Å². The van der Waals surface area contributed by atoms with Crippen molar-refractivity contribution in [3.63, 3.8) is 0 Å². The minimum Gasteiger partial charge on any atom is -0.287 e. The van der Waals surface area contributed by atoms with Gasteiger partial charge in [-0.3, -0.25) is 9.59 Å². The van der Waals surface area contributed by atoms with Crippen LogP contribution in [0.2, 0.25) is 5.02 Å². The van der Waals surface area contributed by atoms with Crippen molar-refractivity contribution in [1.29, 1.82) is 0 Å². The van der Waals surface area contributed by atoms with Crippen LogP contribution in [-0.2, 0) is 0 Å². The highest BCUT2D eigenvalue weighted by Gasteiger charge is 2.15. The van der Waals surface area contributed by atoms with Gasteiger partial charge >= 0.3 is 0 Å². The third-order valence-electron chi connectivity index (χ3n) is 3.67. The summed E-state index contributed by atoms with van der Waals surface area (Å²) in [7, 11) is 0.